The van der Waals surface area contributed by atoms with Crippen molar-refractivity contribution < 1.29 is 9.53 Å². The van der Waals surface area contributed by atoms with Crippen molar-refractivity contribution in [1.29, 1.82) is 0 Å². The highest BCUT2D eigenvalue weighted by Crippen LogP contribution is 2.22. The first-order valence-electron chi connectivity index (χ1n) is 9.70. The maximum atomic E-state index is 12.4. The molecule has 7 heteroatoms. The summed E-state index contributed by atoms with van der Waals surface area (Å²) >= 11 is 1.72. The highest BCUT2D eigenvalue weighted by atomic mass is 32.2. The SMILES string of the molecule is CSc1ccc(CCC(=O)N2CC(n3cc(COc4ccccc4)nn3)C2)cc1. The van der Waals surface area contributed by atoms with Crippen LogP contribution >= 0.6 is 11.8 Å². The fourth-order valence-electron chi connectivity index (χ4n) is 3.26. The van der Waals surface area contributed by atoms with E-state index in [1.54, 1.807) is 11.8 Å². The molecule has 0 aliphatic carbocycles. The monoisotopic (exact) mass is 408 g/mol. The second kappa shape index (κ2) is 9.13. The van der Waals surface area contributed by atoms with Crippen molar-refractivity contribution in [3.8, 4) is 5.75 Å². The molecular weight excluding hydrogens is 384 g/mol. The van der Waals surface area contributed by atoms with Gasteiger partial charge < -0.3 is 9.64 Å². The normalized spacial score (nSPS) is 13.9. The Kier molecular flexibility index (Phi) is 6.14. The molecule has 2 aromatic carbocycles. The van der Waals surface area contributed by atoms with E-state index in [0.29, 0.717) is 26.1 Å². The van der Waals surface area contributed by atoms with Crippen molar-refractivity contribution in [3.05, 3.63) is 72.1 Å². The van der Waals surface area contributed by atoms with Crippen LogP contribution in [0.3, 0.4) is 0 Å². The molecule has 1 aliphatic heterocycles. The molecule has 1 saturated heterocycles. The smallest absolute Gasteiger partial charge is 0.223 e. The third kappa shape index (κ3) is 4.98. The summed E-state index contributed by atoms with van der Waals surface area (Å²) in [5, 5.41) is 8.38. The van der Waals surface area contributed by atoms with Gasteiger partial charge in [0.05, 0.1) is 12.2 Å². The summed E-state index contributed by atoms with van der Waals surface area (Å²) in [7, 11) is 0. The summed E-state index contributed by atoms with van der Waals surface area (Å²) < 4.78 is 7.54. The number of likely N-dealkylation sites (tertiary alicyclic amines) is 1. The van der Waals surface area contributed by atoms with E-state index < -0.39 is 0 Å². The van der Waals surface area contributed by atoms with Gasteiger partial charge in [-0.1, -0.05) is 35.5 Å². The molecule has 1 amide bonds. The lowest BCUT2D eigenvalue weighted by Crippen LogP contribution is -2.51. The predicted molar refractivity (Wildman–Crippen MR) is 113 cm³/mol. The standard InChI is InChI=1S/C22H24N4O2S/c1-29-21-10-7-17(8-11-21)9-12-22(27)25-14-19(15-25)26-13-18(23-24-26)16-28-20-5-3-2-4-6-20/h2-8,10-11,13,19H,9,12,14-16H2,1H3. The van der Waals surface area contributed by atoms with Gasteiger partial charge in [-0.25, -0.2) is 4.68 Å². The molecule has 1 aliphatic rings. The fraction of sp³-hybridized carbons (Fsp3) is 0.318. The first-order valence-corrected chi connectivity index (χ1v) is 10.9. The minimum absolute atomic E-state index is 0.192. The first-order chi connectivity index (χ1) is 14.2. The van der Waals surface area contributed by atoms with E-state index in [-0.39, 0.29) is 11.9 Å². The third-order valence-corrected chi connectivity index (χ3v) is 5.81. The Labute approximate surface area is 174 Å². The molecule has 0 bridgehead atoms. The quantitative estimate of drug-likeness (QED) is 0.533. The van der Waals surface area contributed by atoms with Gasteiger partial charge in [-0.2, -0.15) is 0 Å². The van der Waals surface area contributed by atoms with Crippen LogP contribution in [0.1, 0.15) is 23.7 Å². The summed E-state index contributed by atoms with van der Waals surface area (Å²) in [5.41, 5.74) is 1.99. The van der Waals surface area contributed by atoms with Crippen LogP contribution in [0.25, 0.3) is 0 Å². The number of nitrogens with zero attached hydrogens (tertiary/aromatic N) is 4. The number of amides is 1. The van der Waals surface area contributed by atoms with Gasteiger partial charge in [-0.05, 0) is 42.5 Å². The highest BCUT2D eigenvalue weighted by molar-refractivity contribution is 7.98. The van der Waals surface area contributed by atoms with Crippen molar-refractivity contribution in [2.24, 2.45) is 0 Å². The average Bonchev–Trinajstić information content (AvgIpc) is 3.19. The van der Waals surface area contributed by atoms with Gasteiger partial charge in [0.2, 0.25) is 5.91 Å². The van der Waals surface area contributed by atoms with Crippen LogP contribution in [0.4, 0.5) is 0 Å². The Morgan fingerprint density at radius 1 is 1.14 bits per heavy atom. The Hall–Kier alpha value is -2.80. The Bertz CT molecular complexity index is 937. The van der Waals surface area contributed by atoms with Gasteiger partial charge in [0.25, 0.3) is 0 Å². The van der Waals surface area contributed by atoms with Gasteiger partial charge in [-0.3, -0.25) is 4.79 Å². The van der Waals surface area contributed by atoms with Gasteiger partial charge in [0, 0.05) is 24.4 Å². The maximum Gasteiger partial charge on any atom is 0.223 e. The number of carbonyl (C=O) groups excluding carboxylic acids is 1. The number of ether oxygens (including phenoxy) is 1. The second-order valence-corrected chi connectivity index (χ2v) is 7.97. The zero-order valence-corrected chi connectivity index (χ0v) is 17.2. The Morgan fingerprint density at radius 3 is 2.62 bits per heavy atom. The van der Waals surface area contributed by atoms with Crippen molar-refractivity contribution in [3.63, 3.8) is 0 Å². The van der Waals surface area contributed by atoms with Crippen LogP contribution in [0.15, 0.2) is 65.7 Å². The summed E-state index contributed by atoms with van der Waals surface area (Å²) in [5.74, 6) is 1.01. The molecule has 0 saturated carbocycles. The average molecular weight is 409 g/mol. The number of thioether (sulfide) groups is 1. The van der Waals surface area contributed by atoms with E-state index in [4.69, 9.17) is 4.74 Å². The van der Waals surface area contributed by atoms with Crippen molar-refractivity contribution in [2.45, 2.75) is 30.4 Å². The number of para-hydroxylation sites is 1. The Morgan fingerprint density at radius 2 is 1.90 bits per heavy atom. The molecule has 29 heavy (non-hydrogen) atoms. The van der Waals surface area contributed by atoms with Gasteiger partial charge >= 0.3 is 0 Å². The van der Waals surface area contributed by atoms with Gasteiger partial charge in [-0.15, -0.1) is 16.9 Å². The van der Waals surface area contributed by atoms with Crippen LogP contribution in [-0.2, 0) is 17.8 Å². The molecule has 1 aromatic heterocycles. The number of rotatable bonds is 8. The lowest BCUT2D eigenvalue weighted by atomic mass is 10.1. The highest BCUT2D eigenvalue weighted by Gasteiger charge is 2.32. The number of hydrogen-bond donors (Lipinski definition) is 0. The number of aryl methyl sites for hydroxylation is 1. The molecule has 6 nitrogen and oxygen atoms in total. The van der Waals surface area contributed by atoms with E-state index in [9.17, 15) is 4.79 Å². The summed E-state index contributed by atoms with van der Waals surface area (Å²) in [6, 6.07) is 18.3. The number of carbonyl (C=O) groups is 1. The number of benzene rings is 2. The van der Waals surface area contributed by atoms with E-state index in [2.05, 4.69) is 40.8 Å². The number of aromatic nitrogens is 3. The summed E-state index contributed by atoms with van der Waals surface area (Å²) in [6.07, 6.45) is 5.29. The van der Waals surface area contributed by atoms with Crippen molar-refractivity contribution in [2.75, 3.05) is 19.3 Å². The minimum Gasteiger partial charge on any atom is -0.487 e. The Balaban J connectivity index is 1.21. The summed E-state index contributed by atoms with van der Waals surface area (Å²) in [4.78, 5) is 15.6. The zero-order chi connectivity index (χ0) is 20.1. The van der Waals surface area contributed by atoms with E-state index >= 15 is 0 Å². The lowest BCUT2D eigenvalue weighted by molar-refractivity contribution is -0.137. The molecule has 150 valence electrons. The molecule has 0 N–H and O–H groups in total. The predicted octanol–water partition coefficient (Wildman–Crippen LogP) is 3.60. The summed E-state index contributed by atoms with van der Waals surface area (Å²) in [6.45, 7) is 1.76. The van der Waals surface area contributed by atoms with Crippen LogP contribution in [0, 0.1) is 0 Å². The van der Waals surface area contributed by atoms with E-state index in [0.717, 1.165) is 17.9 Å². The minimum atomic E-state index is 0.192. The molecule has 0 atom stereocenters. The van der Waals surface area contributed by atoms with E-state index in [1.807, 2.05) is 46.1 Å². The van der Waals surface area contributed by atoms with Gasteiger partial charge in [0.1, 0.15) is 18.1 Å². The molecule has 0 radical (unpaired) electrons. The topological polar surface area (TPSA) is 60.2 Å². The molecule has 2 heterocycles. The van der Waals surface area contributed by atoms with Crippen LogP contribution < -0.4 is 4.74 Å². The van der Waals surface area contributed by atoms with Crippen LogP contribution in [-0.4, -0.2) is 45.1 Å². The lowest BCUT2D eigenvalue weighted by Gasteiger charge is -2.39. The molecular formula is C22H24N4O2S. The maximum absolute atomic E-state index is 12.4. The zero-order valence-electron chi connectivity index (χ0n) is 16.4. The molecule has 4 rings (SSSR count). The first kappa shape index (κ1) is 19.5. The molecule has 1 fully saturated rings. The molecule has 0 unspecified atom stereocenters. The second-order valence-electron chi connectivity index (χ2n) is 7.09. The largest absolute Gasteiger partial charge is 0.487 e. The fourth-order valence-corrected chi connectivity index (χ4v) is 3.67. The van der Waals surface area contributed by atoms with E-state index in [1.165, 1.54) is 10.5 Å². The van der Waals surface area contributed by atoms with Gasteiger partial charge in [0.15, 0.2) is 0 Å². The van der Waals surface area contributed by atoms with Crippen molar-refractivity contribution >= 4 is 17.7 Å². The molecule has 3 aromatic rings. The molecule has 0 spiro atoms. The van der Waals surface area contributed by atoms with Crippen LogP contribution in [0.5, 0.6) is 5.75 Å². The van der Waals surface area contributed by atoms with Crippen molar-refractivity contribution in [1.82, 2.24) is 19.9 Å². The number of hydrogen-bond acceptors (Lipinski definition) is 5. The third-order valence-electron chi connectivity index (χ3n) is 5.06. The van der Waals surface area contributed by atoms with Crippen LogP contribution in [0.2, 0.25) is 0 Å².